The number of aliphatic hydroxyl groups excluding tert-OH is 1. The topological polar surface area (TPSA) is 93.7 Å². The number of carbonyl (C=O) groups is 1. The average molecular weight is 443 g/mol. The number of carbonyl (C=O) groups excluding carboxylic acids is 1. The molecule has 6 heteroatoms. The first-order chi connectivity index (χ1) is 15.1. The van der Waals surface area contributed by atoms with Crippen molar-refractivity contribution in [2.75, 3.05) is 36.9 Å². The summed E-state index contributed by atoms with van der Waals surface area (Å²) in [6.07, 6.45) is 4.87. The summed E-state index contributed by atoms with van der Waals surface area (Å²) < 4.78 is 0. The fraction of sp³-hybridized carbons (Fsp3) is 0.615. The van der Waals surface area contributed by atoms with Gasteiger partial charge in [-0.2, -0.15) is 0 Å². The van der Waals surface area contributed by atoms with E-state index < -0.39 is 0 Å². The van der Waals surface area contributed by atoms with Crippen molar-refractivity contribution in [1.29, 1.82) is 5.41 Å². The molecule has 1 aromatic rings. The second kappa shape index (κ2) is 11.5. The molecule has 1 heterocycles. The number of amides is 1. The molecule has 1 aliphatic rings. The molecule has 0 bridgehead atoms. The van der Waals surface area contributed by atoms with Gasteiger partial charge in [-0.05, 0) is 62.1 Å². The molecule has 1 fully saturated rings. The van der Waals surface area contributed by atoms with E-state index in [1.54, 1.807) is 0 Å². The Bertz CT molecular complexity index is 834. The van der Waals surface area contributed by atoms with Crippen LogP contribution in [0.4, 0.5) is 11.4 Å². The molecule has 1 amide bonds. The van der Waals surface area contributed by atoms with E-state index in [0.29, 0.717) is 31.5 Å². The highest BCUT2D eigenvalue weighted by atomic mass is 16.3. The van der Waals surface area contributed by atoms with Crippen LogP contribution in [0.15, 0.2) is 12.6 Å². The van der Waals surface area contributed by atoms with Crippen LogP contribution in [0.1, 0.15) is 76.5 Å². The maximum Gasteiger partial charge on any atom is 0.225 e. The number of hydrogen-bond donors (Lipinski definition) is 3. The van der Waals surface area contributed by atoms with Crippen molar-refractivity contribution in [1.82, 2.24) is 4.90 Å². The molecule has 2 atom stereocenters. The summed E-state index contributed by atoms with van der Waals surface area (Å²) in [5.41, 5.74) is 12.8. The smallest absolute Gasteiger partial charge is 0.225 e. The summed E-state index contributed by atoms with van der Waals surface area (Å²) >= 11 is 0. The predicted octanol–water partition coefficient (Wildman–Crippen LogP) is 4.45. The second-order valence-electron chi connectivity index (χ2n) is 9.64. The van der Waals surface area contributed by atoms with E-state index in [4.69, 9.17) is 16.2 Å². The van der Waals surface area contributed by atoms with Crippen molar-refractivity contribution in [3.8, 4) is 0 Å². The number of rotatable bonds is 10. The van der Waals surface area contributed by atoms with Crippen LogP contribution >= 0.6 is 0 Å². The fourth-order valence-corrected chi connectivity index (χ4v) is 4.91. The largest absolute Gasteiger partial charge is 0.397 e. The van der Waals surface area contributed by atoms with Gasteiger partial charge in [0.15, 0.2) is 0 Å². The van der Waals surface area contributed by atoms with Gasteiger partial charge < -0.3 is 26.0 Å². The summed E-state index contributed by atoms with van der Waals surface area (Å²) in [7, 11) is 0. The highest BCUT2D eigenvalue weighted by Gasteiger charge is 2.30. The highest BCUT2D eigenvalue weighted by Crippen LogP contribution is 2.39. The molecular weight excluding hydrogens is 400 g/mol. The molecular formula is C26H42N4O2. The first-order valence-corrected chi connectivity index (χ1v) is 11.9. The quantitative estimate of drug-likeness (QED) is 0.368. The van der Waals surface area contributed by atoms with E-state index in [9.17, 15) is 4.79 Å². The number of benzene rings is 1. The monoisotopic (exact) mass is 442 g/mol. The first kappa shape index (κ1) is 25.9. The van der Waals surface area contributed by atoms with Crippen molar-refractivity contribution in [3.05, 3.63) is 29.3 Å². The summed E-state index contributed by atoms with van der Waals surface area (Å²) in [5, 5.41) is 16.8. The van der Waals surface area contributed by atoms with Crippen LogP contribution < -0.4 is 10.6 Å². The minimum Gasteiger partial charge on any atom is -0.397 e. The van der Waals surface area contributed by atoms with Crippen LogP contribution in [0.2, 0.25) is 0 Å². The number of aliphatic hydroxyl groups is 1. The number of hydrogen-bond acceptors (Lipinski definition) is 5. The zero-order valence-corrected chi connectivity index (χ0v) is 20.6. The molecule has 178 valence electrons. The minimum absolute atomic E-state index is 0.00364. The third kappa shape index (κ3) is 6.12. The van der Waals surface area contributed by atoms with E-state index in [-0.39, 0.29) is 25.0 Å². The lowest BCUT2D eigenvalue weighted by molar-refractivity contribution is -0.134. The van der Waals surface area contributed by atoms with Crippen molar-refractivity contribution in [2.24, 2.45) is 5.92 Å². The molecule has 0 spiro atoms. The molecule has 4 N–H and O–H groups in total. The van der Waals surface area contributed by atoms with Crippen molar-refractivity contribution >= 4 is 29.1 Å². The Labute approximate surface area is 194 Å². The van der Waals surface area contributed by atoms with Crippen LogP contribution in [0.25, 0.3) is 6.08 Å². The van der Waals surface area contributed by atoms with Crippen LogP contribution in [0, 0.1) is 11.3 Å². The van der Waals surface area contributed by atoms with Gasteiger partial charge in [0.2, 0.25) is 5.91 Å². The molecule has 0 radical (unpaired) electrons. The number of piperazine rings is 1. The zero-order valence-electron chi connectivity index (χ0n) is 20.6. The van der Waals surface area contributed by atoms with E-state index >= 15 is 0 Å². The number of anilines is 2. The third-order valence-electron chi connectivity index (χ3n) is 6.45. The van der Waals surface area contributed by atoms with Crippen LogP contribution in [-0.4, -0.2) is 53.9 Å². The highest BCUT2D eigenvalue weighted by molar-refractivity contribution is 5.83. The number of nitrogen functional groups attached to an aromatic ring is 1. The van der Waals surface area contributed by atoms with Gasteiger partial charge in [-0.1, -0.05) is 33.4 Å². The molecule has 1 aliphatic heterocycles. The van der Waals surface area contributed by atoms with Gasteiger partial charge >= 0.3 is 0 Å². The molecule has 2 rings (SSSR count). The molecule has 1 aromatic carbocycles. The summed E-state index contributed by atoms with van der Waals surface area (Å²) in [5.74, 6) is 0.805. The lowest BCUT2D eigenvalue weighted by atomic mass is 9.84. The van der Waals surface area contributed by atoms with Crippen molar-refractivity contribution in [2.45, 2.75) is 72.3 Å². The van der Waals surface area contributed by atoms with E-state index in [2.05, 4.69) is 45.2 Å². The summed E-state index contributed by atoms with van der Waals surface area (Å²) in [6, 6.07) is 2.19. The molecule has 1 saturated heterocycles. The number of nitrogens with zero attached hydrogens (tertiary/aromatic N) is 2. The van der Waals surface area contributed by atoms with Gasteiger partial charge in [0.05, 0.1) is 18.0 Å². The Balaban J connectivity index is 2.37. The Kier molecular flexibility index (Phi) is 9.32. The van der Waals surface area contributed by atoms with Gasteiger partial charge in [0.1, 0.15) is 0 Å². The van der Waals surface area contributed by atoms with Gasteiger partial charge in [-0.25, -0.2) is 0 Å². The predicted molar refractivity (Wildman–Crippen MR) is 136 cm³/mol. The Morgan fingerprint density at radius 1 is 1.34 bits per heavy atom. The number of nitrogens with two attached hydrogens (primary N) is 1. The zero-order chi connectivity index (χ0) is 24.0. The lowest BCUT2D eigenvalue weighted by Crippen LogP contribution is -2.54. The molecule has 6 nitrogen and oxygen atoms in total. The first-order valence-electron chi connectivity index (χ1n) is 11.9. The lowest BCUT2D eigenvalue weighted by Gasteiger charge is -2.42. The molecule has 0 aromatic heterocycles. The Hall–Kier alpha value is -2.34. The van der Waals surface area contributed by atoms with Crippen molar-refractivity contribution < 1.29 is 9.90 Å². The van der Waals surface area contributed by atoms with Gasteiger partial charge in [0, 0.05) is 43.4 Å². The standard InChI is InChI=1S/C26H42N4O2/c1-7-22-25(17(2)3)21(14-18(4)8-9-19(5)27)15-23(28)26(22)29-11-12-30(20(6)16-29)24(32)10-13-31/h7,15,17-18,20,27,31H,1,8-14,16,28H2,2-6H3/t18?,20-/m1/s1. The average Bonchev–Trinajstić information content (AvgIpc) is 2.71. The van der Waals surface area contributed by atoms with Gasteiger partial charge in [-0.3, -0.25) is 4.79 Å². The molecule has 0 aliphatic carbocycles. The van der Waals surface area contributed by atoms with Crippen molar-refractivity contribution in [3.63, 3.8) is 0 Å². The second-order valence-corrected chi connectivity index (χ2v) is 9.64. The minimum atomic E-state index is -0.115. The maximum atomic E-state index is 12.3. The Morgan fingerprint density at radius 3 is 2.56 bits per heavy atom. The number of nitrogens with one attached hydrogen (secondary N) is 1. The normalized spacial score (nSPS) is 17.5. The third-order valence-corrected chi connectivity index (χ3v) is 6.45. The van der Waals surface area contributed by atoms with E-state index in [1.165, 1.54) is 11.1 Å². The summed E-state index contributed by atoms with van der Waals surface area (Å²) in [6.45, 7) is 16.6. The molecule has 1 unspecified atom stereocenters. The molecule has 32 heavy (non-hydrogen) atoms. The SMILES string of the molecule is C=Cc1c(C(C)C)c(CC(C)CCC(C)=N)cc(N)c1N1CCN(C(=O)CCO)[C@H](C)C1. The van der Waals surface area contributed by atoms with Gasteiger partial charge in [0.25, 0.3) is 0 Å². The van der Waals surface area contributed by atoms with Crippen LogP contribution in [-0.2, 0) is 11.2 Å². The van der Waals surface area contributed by atoms with E-state index in [0.717, 1.165) is 41.9 Å². The maximum absolute atomic E-state index is 12.3. The molecule has 0 saturated carbocycles. The van der Waals surface area contributed by atoms with E-state index in [1.807, 2.05) is 17.9 Å². The van der Waals surface area contributed by atoms with Gasteiger partial charge in [-0.15, -0.1) is 0 Å². The van der Waals surface area contributed by atoms with Crippen LogP contribution in [0.5, 0.6) is 0 Å². The Morgan fingerprint density at radius 2 is 2.03 bits per heavy atom. The van der Waals surface area contributed by atoms with Crippen LogP contribution in [0.3, 0.4) is 0 Å². The fourth-order valence-electron chi connectivity index (χ4n) is 4.91. The summed E-state index contributed by atoms with van der Waals surface area (Å²) in [4.78, 5) is 16.5.